The lowest BCUT2D eigenvalue weighted by Gasteiger charge is -2.29. The number of phosphoric ester groups is 1. The third kappa shape index (κ3) is 6.70. The minimum atomic E-state index is -5.16. The van der Waals surface area contributed by atoms with Crippen LogP contribution >= 0.6 is 15.3 Å². The molecule has 1 aliphatic heterocycles. The third-order valence-corrected chi connectivity index (χ3v) is 10.1. The number of hydrogen-bond acceptors (Lipinski definition) is 15. The van der Waals surface area contributed by atoms with Crippen molar-refractivity contribution >= 4 is 45.8 Å². The molecule has 9 N–H and O–H groups in total. The van der Waals surface area contributed by atoms with Crippen LogP contribution in [0.15, 0.2) is 37.2 Å². The number of nitrogen functional groups attached to an aromatic ring is 1. The molecule has 44 heavy (non-hydrogen) atoms. The highest BCUT2D eigenvalue weighted by Gasteiger charge is 2.48. The number of nitrogens with zero attached hydrogens (tertiary/aromatic N) is 5. The standard InChI is InChI=1S/C22H28BN7O12P2/c23-43(36,39-7-13-17(33)18(34)22(41-13)30-9-28-14-19(24)26-8-27-21(14)30)42-44(37,38)40-6-11-4-12(16(32)15(11)31)29-3-1-2-10(5-29)20(25)35/h1-3,5,8-9,11-13,15-18,22,31-34H,4,6-7H2,(H4-,24,25,26,27,35,37,38)/q-1/p+1. The van der Waals surface area contributed by atoms with Crippen LogP contribution in [0.25, 0.3) is 11.2 Å². The average molecular weight is 656 g/mol. The maximum absolute atomic E-state index is 12.7. The first-order valence-electron chi connectivity index (χ1n) is 13.0. The molecule has 10 unspecified atom stereocenters. The molecule has 5 rings (SSSR count). The van der Waals surface area contributed by atoms with E-state index in [-0.39, 0.29) is 29.0 Å². The number of nitrogens with two attached hydrogens (primary N) is 2. The number of hydrogen-bond donors (Lipinski definition) is 7. The van der Waals surface area contributed by atoms with Crippen molar-refractivity contribution in [2.24, 2.45) is 11.7 Å². The number of aliphatic hydroxyl groups excluding tert-OH is 4. The van der Waals surface area contributed by atoms with Gasteiger partial charge in [-0.25, -0.2) is 23.8 Å². The SMILES string of the molecule is [B-]P(=O)(OCC1OC(n2cnc3c(N)ncnc32)C(O)C1O)OP(=O)(O)OCC1CC([n+]2cccc(C(N)=O)c2)C(O)C1O. The first-order chi connectivity index (χ1) is 20.7. The van der Waals surface area contributed by atoms with Crippen molar-refractivity contribution in [3.8, 4) is 0 Å². The Morgan fingerprint density at radius 1 is 1.11 bits per heavy atom. The fourth-order valence-electron chi connectivity index (χ4n) is 5.12. The number of fused-ring (bicyclic) bond motifs is 1. The topological polar surface area (TPSA) is 289 Å². The molecule has 1 aliphatic carbocycles. The predicted molar refractivity (Wildman–Crippen MR) is 146 cm³/mol. The van der Waals surface area contributed by atoms with E-state index in [0.717, 1.165) is 0 Å². The molecular formula is C22H29BN7O12P2. The summed E-state index contributed by atoms with van der Waals surface area (Å²) in [6, 6.07) is 2.26. The van der Waals surface area contributed by atoms with E-state index in [2.05, 4.69) is 19.3 Å². The van der Waals surface area contributed by atoms with Crippen molar-refractivity contribution in [1.29, 1.82) is 0 Å². The average Bonchev–Trinajstić information content (AvgIpc) is 3.61. The molecule has 2 aliphatic rings. The summed E-state index contributed by atoms with van der Waals surface area (Å²) < 4.78 is 48.0. The number of aromatic nitrogens is 5. The Morgan fingerprint density at radius 3 is 2.59 bits per heavy atom. The first kappa shape index (κ1) is 32.5. The van der Waals surface area contributed by atoms with E-state index in [0.29, 0.717) is 0 Å². The highest BCUT2D eigenvalue weighted by Crippen LogP contribution is 2.60. The molecule has 1 amide bonds. The molecule has 0 spiro atoms. The fourth-order valence-corrected chi connectivity index (χ4v) is 7.38. The molecule has 3 aromatic rings. The summed E-state index contributed by atoms with van der Waals surface area (Å²) in [7, 11) is -4.52. The summed E-state index contributed by atoms with van der Waals surface area (Å²) in [5.41, 5.74) is 11.6. The summed E-state index contributed by atoms with van der Waals surface area (Å²) in [5, 5.41) is 42.0. The van der Waals surface area contributed by atoms with Gasteiger partial charge in [0.1, 0.15) is 41.8 Å². The van der Waals surface area contributed by atoms with Crippen LogP contribution in [-0.2, 0) is 27.2 Å². The number of phosphoric acid groups is 1. The number of carbonyl (C=O) groups is 1. The molecule has 2 fully saturated rings. The summed E-state index contributed by atoms with van der Waals surface area (Å²) >= 11 is 0. The molecule has 10 atom stereocenters. The molecule has 3 radical (unpaired) electrons. The number of aliphatic hydroxyl groups is 4. The Hall–Kier alpha value is -2.87. The van der Waals surface area contributed by atoms with Gasteiger partial charge < -0.3 is 58.2 Å². The number of imidazole rings is 1. The molecule has 19 nitrogen and oxygen atoms in total. The molecule has 3 aromatic heterocycles. The van der Waals surface area contributed by atoms with Gasteiger partial charge in [0.25, 0.3) is 5.91 Å². The molecule has 237 valence electrons. The molecule has 1 saturated carbocycles. The quantitative estimate of drug-likeness (QED) is 0.0656. The second-order valence-corrected chi connectivity index (χ2v) is 13.4. The molecule has 1 saturated heterocycles. The van der Waals surface area contributed by atoms with E-state index in [1.807, 2.05) is 0 Å². The monoisotopic (exact) mass is 656 g/mol. The van der Waals surface area contributed by atoms with E-state index in [1.54, 1.807) is 6.20 Å². The molecule has 0 aromatic carbocycles. The Balaban J connectivity index is 1.16. The normalized spacial score (nSPS) is 31.6. The fraction of sp³-hybridized carbons (Fsp3) is 0.500. The Morgan fingerprint density at radius 2 is 1.86 bits per heavy atom. The van der Waals surface area contributed by atoms with E-state index >= 15 is 0 Å². The van der Waals surface area contributed by atoms with E-state index < -0.39 is 83.1 Å². The summed E-state index contributed by atoms with van der Waals surface area (Å²) in [6.07, 6.45) is -2.98. The van der Waals surface area contributed by atoms with Gasteiger partial charge in [-0.1, -0.05) is 0 Å². The van der Waals surface area contributed by atoms with Crippen molar-refractivity contribution in [1.82, 2.24) is 19.5 Å². The van der Waals surface area contributed by atoms with Crippen LogP contribution < -0.4 is 16.0 Å². The zero-order chi connectivity index (χ0) is 32.0. The van der Waals surface area contributed by atoms with E-state index in [1.165, 1.54) is 40.1 Å². The van der Waals surface area contributed by atoms with Crippen LogP contribution in [0.4, 0.5) is 5.82 Å². The zero-order valence-electron chi connectivity index (χ0n) is 22.7. The molecule has 4 heterocycles. The zero-order valence-corrected chi connectivity index (χ0v) is 24.4. The summed E-state index contributed by atoms with van der Waals surface area (Å²) in [5.74, 6) is -1.51. The third-order valence-electron chi connectivity index (χ3n) is 7.35. The van der Waals surface area contributed by atoms with Gasteiger partial charge in [-0.2, -0.15) is 4.57 Å². The van der Waals surface area contributed by atoms with Gasteiger partial charge in [-0.05, 0) is 6.07 Å². The van der Waals surface area contributed by atoms with Crippen molar-refractivity contribution in [2.75, 3.05) is 18.9 Å². The van der Waals surface area contributed by atoms with Crippen molar-refractivity contribution in [2.45, 2.75) is 49.2 Å². The summed E-state index contributed by atoms with van der Waals surface area (Å²) in [4.78, 5) is 33.6. The first-order valence-corrected chi connectivity index (χ1v) is 16.1. The van der Waals surface area contributed by atoms with Gasteiger partial charge in [0.2, 0.25) is 0 Å². The second-order valence-electron chi connectivity index (χ2n) is 10.3. The summed E-state index contributed by atoms with van der Waals surface area (Å²) in [6.45, 7) is -1.37. The smallest absolute Gasteiger partial charge is 0.443 e. The lowest BCUT2D eigenvalue weighted by Crippen LogP contribution is -2.45. The number of rotatable bonds is 11. The van der Waals surface area contributed by atoms with Gasteiger partial charge in [0.15, 0.2) is 36.1 Å². The van der Waals surface area contributed by atoms with Gasteiger partial charge in [0, 0.05) is 18.4 Å². The van der Waals surface area contributed by atoms with E-state index in [9.17, 15) is 39.2 Å². The minimum Gasteiger partial charge on any atom is -0.443 e. The van der Waals surface area contributed by atoms with Crippen molar-refractivity contribution in [3.05, 3.63) is 42.7 Å². The predicted octanol–water partition coefficient (Wildman–Crippen LogP) is -2.18. The highest BCUT2D eigenvalue weighted by atomic mass is 31.3. The number of anilines is 1. The van der Waals surface area contributed by atoms with Gasteiger partial charge in [0.05, 0.1) is 33.1 Å². The Kier molecular flexibility index (Phi) is 9.24. The lowest BCUT2D eigenvalue weighted by molar-refractivity contribution is -0.728. The van der Waals surface area contributed by atoms with Gasteiger partial charge in [-0.15, -0.1) is 0 Å². The van der Waals surface area contributed by atoms with Gasteiger partial charge >= 0.3 is 7.82 Å². The Labute approximate surface area is 249 Å². The lowest BCUT2D eigenvalue weighted by atomic mass is 10.1. The number of amides is 1. The van der Waals surface area contributed by atoms with Crippen LogP contribution in [0.1, 0.15) is 29.0 Å². The molecule has 0 bridgehead atoms. The number of ether oxygens (including phenoxy) is 1. The number of carbonyl (C=O) groups excluding carboxylic acids is 1. The largest absolute Gasteiger partial charge is 0.476 e. The van der Waals surface area contributed by atoms with Gasteiger partial charge in [-0.3, -0.25) is 13.9 Å². The number of pyridine rings is 1. The van der Waals surface area contributed by atoms with Crippen LogP contribution in [0.2, 0.25) is 0 Å². The van der Waals surface area contributed by atoms with Crippen LogP contribution in [0, 0.1) is 5.92 Å². The van der Waals surface area contributed by atoms with Crippen molar-refractivity contribution < 1.29 is 61.9 Å². The van der Waals surface area contributed by atoms with Crippen LogP contribution in [0.3, 0.4) is 0 Å². The second kappa shape index (κ2) is 12.5. The van der Waals surface area contributed by atoms with Crippen molar-refractivity contribution in [3.63, 3.8) is 0 Å². The maximum Gasteiger partial charge on any atom is 0.476 e. The molecular weight excluding hydrogens is 627 g/mol. The minimum absolute atomic E-state index is 0.0528. The number of primary amides is 1. The Bertz CT molecular complexity index is 1630. The van der Waals surface area contributed by atoms with Crippen LogP contribution in [-0.4, -0.2) is 102 Å². The maximum atomic E-state index is 12.7. The highest BCUT2D eigenvalue weighted by molar-refractivity contribution is 7.83. The van der Waals surface area contributed by atoms with E-state index in [4.69, 9.17) is 32.8 Å². The molecule has 22 heteroatoms. The van der Waals surface area contributed by atoms with Crippen LogP contribution in [0.5, 0.6) is 0 Å².